The largest absolute Gasteiger partial charge is 0.359 e. The normalized spacial score (nSPS) is 11.9. The number of amides is 2. The van der Waals surface area contributed by atoms with Crippen LogP contribution in [0.3, 0.4) is 0 Å². The second kappa shape index (κ2) is 9.02. The fraction of sp³-hybridized carbons (Fsp3) is 0.846. The Morgan fingerprint density at radius 3 is 1.94 bits per heavy atom. The Bertz CT molecular complexity index is 238. The quantitative estimate of drug-likeness (QED) is 0.776. The monoisotopic (exact) mass is 244 g/mol. The summed E-state index contributed by atoms with van der Waals surface area (Å²) in [7, 11) is 3.26. The third kappa shape index (κ3) is 7.77. The highest BCUT2D eigenvalue weighted by Crippen LogP contribution is 2.27. The van der Waals surface area contributed by atoms with Crippen LogP contribution in [0.1, 0.15) is 47.5 Å². The minimum atomic E-state index is -0.414. The summed E-state index contributed by atoms with van der Waals surface area (Å²) >= 11 is 0. The summed E-state index contributed by atoms with van der Waals surface area (Å²) in [5, 5.41) is 5.22. The van der Waals surface area contributed by atoms with Gasteiger partial charge in [0.25, 0.3) is 0 Å². The van der Waals surface area contributed by atoms with Crippen LogP contribution in [0.25, 0.3) is 0 Å². The summed E-state index contributed by atoms with van der Waals surface area (Å²) in [6.07, 6.45) is 1.18. The highest BCUT2D eigenvalue weighted by molar-refractivity contribution is 5.81. The number of hydrogen-bond donors (Lipinski definition) is 2. The van der Waals surface area contributed by atoms with Gasteiger partial charge in [-0.25, -0.2) is 0 Å². The van der Waals surface area contributed by atoms with Crippen LogP contribution in [-0.4, -0.2) is 25.9 Å². The van der Waals surface area contributed by atoms with E-state index < -0.39 is 5.41 Å². The maximum Gasteiger partial charge on any atom is 0.225 e. The van der Waals surface area contributed by atoms with Gasteiger partial charge in [0.05, 0.1) is 0 Å². The molecule has 0 bridgehead atoms. The number of rotatable bonds is 5. The summed E-state index contributed by atoms with van der Waals surface area (Å²) in [6.45, 7) is 9.78. The fourth-order valence-corrected chi connectivity index (χ4v) is 1.79. The molecule has 0 spiro atoms. The van der Waals surface area contributed by atoms with Gasteiger partial charge in [-0.1, -0.05) is 34.6 Å². The summed E-state index contributed by atoms with van der Waals surface area (Å²) in [6, 6.07) is 0. The predicted octanol–water partition coefficient (Wildman–Crippen LogP) is 1.95. The molecule has 0 aromatic heterocycles. The van der Waals surface area contributed by atoms with Crippen LogP contribution in [0.2, 0.25) is 0 Å². The minimum absolute atomic E-state index is 0.0197. The maximum absolute atomic E-state index is 11.5. The molecule has 102 valence electrons. The summed E-state index contributed by atoms with van der Waals surface area (Å²) in [4.78, 5) is 22.6. The van der Waals surface area contributed by atoms with E-state index in [-0.39, 0.29) is 17.7 Å². The van der Waals surface area contributed by atoms with Gasteiger partial charge in [-0.05, 0) is 12.3 Å². The molecule has 0 rings (SSSR count). The lowest BCUT2D eigenvalue weighted by molar-refractivity contribution is -0.130. The first kappa shape index (κ1) is 18.3. The topological polar surface area (TPSA) is 58.2 Å². The van der Waals surface area contributed by atoms with Crippen LogP contribution in [-0.2, 0) is 9.59 Å². The zero-order valence-corrected chi connectivity index (χ0v) is 12.3. The van der Waals surface area contributed by atoms with Crippen molar-refractivity contribution in [3.05, 3.63) is 0 Å². The maximum atomic E-state index is 11.5. The Kier molecular flexibility index (Phi) is 9.72. The second-order valence-electron chi connectivity index (χ2n) is 4.65. The fourth-order valence-electron chi connectivity index (χ4n) is 1.79. The van der Waals surface area contributed by atoms with Crippen LogP contribution < -0.4 is 10.6 Å². The first-order chi connectivity index (χ1) is 7.83. The molecule has 0 saturated heterocycles. The Morgan fingerprint density at radius 1 is 1.12 bits per heavy atom. The van der Waals surface area contributed by atoms with Gasteiger partial charge in [0.2, 0.25) is 11.8 Å². The summed E-state index contributed by atoms with van der Waals surface area (Å²) in [5.74, 6) is 0.249. The van der Waals surface area contributed by atoms with E-state index in [1.54, 1.807) is 14.1 Å². The molecule has 1 unspecified atom stereocenters. The molecule has 1 atom stereocenters. The average molecular weight is 244 g/mol. The summed E-state index contributed by atoms with van der Waals surface area (Å²) in [5.41, 5.74) is -0.414. The van der Waals surface area contributed by atoms with Gasteiger partial charge in [0.15, 0.2) is 0 Å². The average Bonchev–Trinajstić information content (AvgIpc) is 2.29. The molecular weight excluding hydrogens is 216 g/mol. The van der Waals surface area contributed by atoms with E-state index >= 15 is 0 Å². The van der Waals surface area contributed by atoms with Crippen molar-refractivity contribution in [3.63, 3.8) is 0 Å². The van der Waals surface area contributed by atoms with Gasteiger partial charge in [0, 0.05) is 25.9 Å². The first-order valence-corrected chi connectivity index (χ1v) is 6.26. The Labute approximate surface area is 106 Å². The van der Waals surface area contributed by atoms with Crippen LogP contribution in [0.4, 0.5) is 0 Å². The van der Waals surface area contributed by atoms with Gasteiger partial charge in [-0.3, -0.25) is 9.59 Å². The van der Waals surface area contributed by atoms with Crippen molar-refractivity contribution in [3.8, 4) is 0 Å². The van der Waals surface area contributed by atoms with Crippen molar-refractivity contribution >= 4 is 11.8 Å². The number of carbonyl (C=O) groups excluding carboxylic acids is 2. The van der Waals surface area contributed by atoms with Gasteiger partial charge in [0.1, 0.15) is 0 Å². The molecule has 0 saturated carbocycles. The highest BCUT2D eigenvalue weighted by Gasteiger charge is 2.29. The van der Waals surface area contributed by atoms with Crippen LogP contribution in [0, 0.1) is 11.3 Å². The molecule has 4 nitrogen and oxygen atoms in total. The SMILES string of the molecule is CC.CNC(=O)CC(C)CC(C)(C)C(=O)NC. The molecule has 17 heavy (non-hydrogen) atoms. The van der Waals surface area contributed by atoms with Crippen molar-refractivity contribution in [2.75, 3.05) is 14.1 Å². The van der Waals surface area contributed by atoms with Crippen molar-refractivity contribution in [2.24, 2.45) is 11.3 Å². The van der Waals surface area contributed by atoms with Gasteiger partial charge < -0.3 is 10.6 Å². The van der Waals surface area contributed by atoms with Gasteiger partial charge >= 0.3 is 0 Å². The van der Waals surface area contributed by atoms with E-state index in [9.17, 15) is 9.59 Å². The molecule has 2 amide bonds. The molecule has 0 aliphatic rings. The van der Waals surface area contributed by atoms with Crippen molar-refractivity contribution in [1.82, 2.24) is 10.6 Å². The molecule has 0 aromatic rings. The van der Waals surface area contributed by atoms with Crippen molar-refractivity contribution in [2.45, 2.75) is 47.5 Å². The standard InChI is InChI=1S/C11H22N2O2.C2H6/c1-8(6-9(14)12-4)7-11(2,3)10(15)13-5;1-2/h8H,6-7H2,1-5H3,(H,12,14)(H,13,15);1-2H3. The molecule has 0 fully saturated rings. The lowest BCUT2D eigenvalue weighted by atomic mass is 9.81. The molecule has 0 aliphatic carbocycles. The molecule has 0 aliphatic heterocycles. The molecule has 2 N–H and O–H groups in total. The second-order valence-corrected chi connectivity index (χ2v) is 4.65. The number of nitrogens with one attached hydrogen (secondary N) is 2. The Hall–Kier alpha value is -1.06. The van der Waals surface area contributed by atoms with E-state index in [1.165, 1.54) is 0 Å². The lowest BCUT2D eigenvalue weighted by Crippen LogP contribution is -2.36. The zero-order chi connectivity index (χ0) is 14.1. The van der Waals surface area contributed by atoms with Crippen LogP contribution >= 0.6 is 0 Å². The van der Waals surface area contributed by atoms with Gasteiger partial charge in [-0.2, -0.15) is 0 Å². The van der Waals surface area contributed by atoms with E-state index in [0.29, 0.717) is 12.8 Å². The van der Waals surface area contributed by atoms with Crippen LogP contribution in [0.5, 0.6) is 0 Å². The molecular formula is C13H28N2O2. The van der Waals surface area contributed by atoms with E-state index in [4.69, 9.17) is 0 Å². The highest BCUT2D eigenvalue weighted by atomic mass is 16.2. The van der Waals surface area contributed by atoms with E-state index in [0.717, 1.165) is 0 Å². The van der Waals surface area contributed by atoms with Crippen molar-refractivity contribution < 1.29 is 9.59 Å². The van der Waals surface area contributed by atoms with Gasteiger partial charge in [-0.15, -0.1) is 0 Å². The predicted molar refractivity (Wildman–Crippen MR) is 71.7 cm³/mol. The van der Waals surface area contributed by atoms with E-state index in [1.807, 2.05) is 34.6 Å². The number of carbonyl (C=O) groups is 2. The van der Waals surface area contributed by atoms with Crippen molar-refractivity contribution in [1.29, 1.82) is 0 Å². The number of hydrogen-bond acceptors (Lipinski definition) is 2. The third-order valence-corrected chi connectivity index (χ3v) is 2.51. The molecule has 0 aromatic carbocycles. The smallest absolute Gasteiger partial charge is 0.225 e. The lowest BCUT2D eigenvalue weighted by Gasteiger charge is -2.25. The Balaban J connectivity index is 0. The third-order valence-electron chi connectivity index (χ3n) is 2.51. The first-order valence-electron chi connectivity index (χ1n) is 6.26. The zero-order valence-electron chi connectivity index (χ0n) is 12.3. The Morgan fingerprint density at radius 2 is 1.59 bits per heavy atom. The molecule has 4 heteroatoms. The summed E-state index contributed by atoms with van der Waals surface area (Å²) < 4.78 is 0. The molecule has 0 radical (unpaired) electrons. The van der Waals surface area contributed by atoms with E-state index in [2.05, 4.69) is 10.6 Å². The van der Waals surface area contributed by atoms with Crippen LogP contribution in [0.15, 0.2) is 0 Å². The minimum Gasteiger partial charge on any atom is -0.359 e. The molecule has 0 heterocycles.